The number of rotatable bonds is 5. The molecule has 0 fully saturated rings. The maximum Gasteiger partial charge on any atom is 0.303 e. The zero-order chi connectivity index (χ0) is 13.8. The third-order valence-corrected chi connectivity index (χ3v) is 4.08. The Kier molecular flexibility index (Phi) is 4.35. The molecule has 2 atom stereocenters. The molecule has 0 aliphatic heterocycles. The molecule has 0 saturated carbocycles. The first-order valence-electron chi connectivity index (χ1n) is 6.93. The Bertz CT molecular complexity index is 479. The van der Waals surface area contributed by atoms with Gasteiger partial charge in [0.25, 0.3) is 0 Å². The second-order valence-electron chi connectivity index (χ2n) is 5.43. The zero-order valence-electron chi connectivity index (χ0n) is 11.3. The average Bonchev–Trinajstić information content (AvgIpc) is 2.39. The molecule has 1 aliphatic carbocycles. The van der Waals surface area contributed by atoms with E-state index in [1.165, 1.54) is 0 Å². The SMILES string of the molecule is CC(CCCC(=O)O)C1CCc2ccccc2C1=O. The maximum absolute atomic E-state index is 12.4. The molecule has 19 heavy (non-hydrogen) atoms. The van der Waals surface area contributed by atoms with Crippen LogP contribution in [0.1, 0.15) is 48.5 Å². The Labute approximate surface area is 113 Å². The van der Waals surface area contributed by atoms with E-state index in [0.717, 1.165) is 30.4 Å². The third kappa shape index (κ3) is 3.22. The fourth-order valence-electron chi connectivity index (χ4n) is 2.94. The van der Waals surface area contributed by atoms with Gasteiger partial charge in [0, 0.05) is 17.9 Å². The number of hydrogen-bond donors (Lipinski definition) is 1. The summed E-state index contributed by atoms with van der Waals surface area (Å²) in [5.41, 5.74) is 2.02. The number of carboxylic acids is 1. The number of carbonyl (C=O) groups excluding carboxylic acids is 1. The molecule has 1 N–H and O–H groups in total. The molecule has 0 radical (unpaired) electrons. The summed E-state index contributed by atoms with van der Waals surface area (Å²) in [6.07, 6.45) is 3.51. The minimum atomic E-state index is -0.757. The van der Waals surface area contributed by atoms with Crippen molar-refractivity contribution in [2.24, 2.45) is 11.8 Å². The lowest BCUT2D eigenvalue weighted by Crippen LogP contribution is -2.28. The molecule has 0 heterocycles. The van der Waals surface area contributed by atoms with Gasteiger partial charge in [-0.3, -0.25) is 9.59 Å². The summed E-state index contributed by atoms with van der Waals surface area (Å²) >= 11 is 0. The highest BCUT2D eigenvalue weighted by atomic mass is 16.4. The quantitative estimate of drug-likeness (QED) is 0.883. The van der Waals surface area contributed by atoms with E-state index in [4.69, 9.17) is 5.11 Å². The number of Topliss-reactive ketones (excluding diaryl/α,β-unsaturated/α-hetero) is 1. The minimum absolute atomic E-state index is 0.0590. The summed E-state index contributed by atoms with van der Waals surface area (Å²) < 4.78 is 0. The first-order valence-corrected chi connectivity index (χ1v) is 6.93. The van der Waals surface area contributed by atoms with Crippen molar-refractivity contribution in [2.45, 2.75) is 39.0 Å². The van der Waals surface area contributed by atoms with E-state index in [1.807, 2.05) is 24.3 Å². The van der Waals surface area contributed by atoms with Gasteiger partial charge in [0.05, 0.1) is 0 Å². The fraction of sp³-hybridized carbons (Fsp3) is 0.500. The van der Waals surface area contributed by atoms with E-state index in [0.29, 0.717) is 6.42 Å². The van der Waals surface area contributed by atoms with Crippen LogP contribution >= 0.6 is 0 Å². The van der Waals surface area contributed by atoms with Crippen molar-refractivity contribution in [2.75, 3.05) is 0 Å². The average molecular weight is 260 g/mol. The van der Waals surface area contributed by atoms with Crippen molar-refractivity contribution in [3.05, 3.63) is 35.4 Å². The predicted octanol–water partition coefficient (Wildman–Crippen LogP) is 3.32. The first-order chi connectivity index (χ1) is 9.09. The lowest BCUT2D eigenvalue weighted by Gasteiger charge is -2.28. The predicted molar refractivity (Wildman–Crippen MR) is 73.2 cm³/mol. The Morgan fingerprint density at radius 2 is 2.16 bits per heavy atom. The van der Waals surface area contributed by atoms with E-state index in [-0.39, 0.29) is 24.0 Å². The van der Waals surface area contributed by atoms with Gasteiger partial charge < -0.3 is 5.11 Å². The number of hydrogen-bond acceptors (Lipinski definition) is 2. The van der Waals surface area contributed by atoms with Crippen molar-refractivity contribution >= 4 is 11.8 Å². The van der Waals surface area contributed by atoms with Crippen LogP contribution in [-0.2, 0) is 11.2 Å². The zero-order valence-corrected chi connectivity index (χ0v) is 11.3. The van der Waals surface area contributed by atoms with Crippen LogP contribution in [0.3, 0.4) is 0 Å². The number of ketones is 1. The molecule has 1 aliphatic rings. The van der Waals surface area contributed by atoms with E-state index in [1.54, 1.807) is 0 Å². The van der Waals surface area contributed by atoms with Crippen LogP contribution in [0.4, 0.5) is 0 Å². The summed E-state index contributed by atoms with van der Waals surface area (Å²) in [5, 5.41) is 8.65. The molecule has 0 saturated heterocycles. The van der Waals surface area contributed by atoms with Gasteiger partial charge in [-0.05, 0) is 37.2 Å². The second kappa shape index (κ2) is 6.00. The normalized spacial score (nSPS) is 19.8. The second-order valence-corrected chi connectivity index (χ2v) is 5.43. The summed E-state index contributed by atoms with van der Waals surface area (Å²) in [7, 11) is 0. The van der Waals surface area contributed by atoms with Crippen LogP contribution in [0.2, 0.25) is 0 Å². The van der Waals surface area contributed by atoms with Gasteiger partial charge >= 0.3 is 5.97 Å². The Balaban J connectivity index is 1.99. The number of fused-ring (bicyclic) bond motifs is 1. The van der Waals surface area contributed by atoms with Crippen molar-refractivity contribution < 1.29 is 14.7 Å². The van der Waals surface area contributed by atoms with Gasteiger partial charge in [0.2, 0.25) is 0 Å². The fourth-order valence-corrected chi connectivity index (χ4v) is 2.94. The van der Waals surface area contributed by atoms with Crippen LogP contribution in [0.15, 0.2) is 24.3 Å². The number of aryl methyl sites for hydroxylation is 1. The van der Waals surface area contributed by atoms with Gasteiger partial charge in [-0.2, -0.15) is 0 Å². The van der Waals surface area contributed by atoms with Crippen molar-refractivity contribution in [1.82, 2.24) is 0 Å². The molecule has 1 aromatic rings. The Morgan fingerprint density at radius 1 is 1.42 bits per heavy atom. The highest BCUT2D eigenvalue weighted by Crippen LogP contribution is 2.32. The molecule has 0 bridgehead atoms. The van der Waals surface area contributed by atoms with Gasteiger partial charge in [0.15, 0.2) is 5.78 Å². The van der Waals surface area contributed by atoms with Crippen LogP contribution in [-0.4, -0.2) is 16.9 Å². The monoisotopic (exact) mass is 260 g/mol. The van der Waals surface area contributed by atoms with Crippen LogP contribution < -0.4 is 0 Å². The lowest BCUT2D eigenvalue weighted by atomic mass is 9.75. The summed E-state index contributed by atoms with van der Waals surface area (Å²) in [6, 6.07) is 7.82. The molecule has 2 unspecified atom stereocenters. The minimum Gasteiger partial charge on any atom is -0.481 e. The number of carboxylic acid groups (broad SMARTS) is 1. The Hall–Kier alpha value is -1.64. The van der Waals surface area contributed by atoms with Gasteiger partial charge in [-0.1, -0.05) is 31.2 Å². The van der Waals surface area contributed by atoms with E-state index in [2.05, 4.69) is 6.92 Å². The molecule has 102 valence electrons. The van der Waals surface area contributed by atoms with E-state index >= 15 is 0 Å². The largest absolute Gasteiger partial charge is 0.481 e. The maximum atomic E-state index is 12.4. The van der Waals surface area contributed by atoms with Crippen LogP contribution in [0, 0.1) is 11.8 Å². The van der Waals surface area contributed by atoms with E-state index < -0.39 is 5.97 Å². The Morgan fingerprint density at radius 3 is 2.89 bits per heavy atom. The summed E-state index contributed by atoms with van der Waals surface area (Å²) in [5.74, 6) is -0.193. The number of benzene rings is 1. The molecule has 1 aromatic carbocycles. The molecule has 3 heteroatoms. The van der Waals surface area contributed by atoms with Gasteiger partial charge in [-0.25, -0.2) is 0 Å². The summed E-state index contributed by atoms with van der Waals surface area (Å²) in [4.78, 5) is 23.0. The molecule has 3 nitrogen and oxygen atoms in total. The highest BCUT2D eigenvalue weighted by Gasteiger charge is 2.30. The number of aliphatic carboxylic acids is 1. The van der Waals surface area contributed by atoms with Gasteiger partial charge in [-0.15, -0.1) is 0 Å². The molecular formula is C16H20O3. The van der Waals surface area contributed by atoms with Gasteiger partial charge in [0.1, 0.15) is 0 Å². The first kappa shape index (κ1) is 13.8. The number of carbonyl (C=O) groups is 2. The van der Waals surface area contributed by atoms with Crippen LogP contribution in [0.5, 0.6) is 0 Å². The van der Waals surface area contributed by atoms with Crippen molar-refractivity contribution in [1.29, 1.82) is 0 Å². The molecular weight excluding hydrogens is 240 g/mol. The smallest absolute Gasteiger partial charge is 0.303 e. The summed E-state index contributed by atoms with van der Waals surface area (Å²) in [6.45, 7) is 2.07. The van der Waals surface area contributed by atoms with Crippen molar-refractivity contribution in [3.8, 4) is 0 Å². The molecule has 2 rings (SSSR count). The lowest BCUT2D eigenvalue weighted by molar-refractivity contribution is -0.137. The van der Waals surface area contributed by atoms with Crippen molar-refractivity contribution in [3.63, 3.8) is 0 Å². The molecule has 0 aromatic heterocycles. The van der Waals surface area contributed by atoms with E-state index in [9.17, 15) is 9.59 Å². The molecule has 0 spiro atoms. The van der Waals surface area contributed by atoms with Crippen LogP contribution in [0.25, 0.3) is 0 Å². The highest BCUT2D eigenvalue weighted by molar-refractivity contribution is 6.00. The topological polar surface area (TPSA) is 54.4 Å². The molecule has 0 amide bonds. The third-order valence-electron chi connectivity index (χ3n) is 4.08. The standard InChI is InChI=1S/C16H20O3/c1-11(5-4-8-15(17)18)13-10-9-12-6-2-3-7-14(12)16(13)19/h2-3,6-7,11,13H,4-5,8-10H2,1H3,(H,17,18).